The Hall–Kier alpha value is -1.15. The molecule has 0 radical (unpaired) electrons. The van der Waals surface area contributed by atoms with Crippen molar-refractivity contribution in [2.75, 3.05) is 7.11 Å². The zero-order valence-corrected chi connectivity index (χ0v) is 12.8. The summed E-state index contributed by atoms with van der Waals surface area (Å²) in [6.45, 7) is 3.12. The molecule has 0 aliphatic heterocycles. The summed E-state index contributed by atoms with van der Waals surface area (Å²) in [6, 6.07) is 5.50. The lowest BCUT2D eigenvalue weighted by molar-refractivity contribution is -0.203. The number of ether oxygens (including phenoxy) is 3. The lowest BCUT2D eigenvalue weighted by Crippen LogP contribution is -2.24. The number of rotatable bonds is 6. The van der Waals surface area contributed by atoms with Crippen LogP contribution in [-0.4, -0.2) is 34.1 Å². The van der Waals surface area contributed by atoms with E-state index in [1.54, 1.807) is 6.92 Å². The van der Waals surface area contributed by atoms with Crippen LogP contribution in [-0.2, 0) is 23.3 Å². The van der Waals surface area contributed by atoms with Crippen LogP contribution in [0.25, 0.3) is 0 Å². The Morgan fingerprint density at radius 1 is 1.20 bits per heavy atom. The molecule has 0 aliphatic rings. The summed E-state index contributed by atoms with van der Waals surface area (Å²) in [5.74, 6) is -0.847. The largest absolute Gasteiger partial charge is 0.432 e. The van der Waals surface area contributed by atoms with Gasteiger partial charge in [0.2, 0.25) is 6.29 Å². The zero-order chi connectivity index (χ0) is 15.3. The van der Waals surface area contributed by atoms with Crippen molar-refractivity contribution in [1.82, 2.24) is 0 Å². The van der Waals surface area contributed by atoms with Gasteiger partial charge in [-0.3, -0.25) is 0 Å². The van der Waals surface area contributed by atoms with E-state index in [0.29, 0.717) is 0 Å². The van der Waals surface area contributed by atoms with Gasteiger partial charge >= 0.3 is 5.97 Å². The Morgan fingerprint density at radius 2 is 1.80 bits per heavy atom. The molecule has 6 nitrogen and oxygen atoms in total. The van der Waals surface area contributed by atoms with E-state index in [2.05, 4.69) is 0 Å². The molecule has 0 spiro atoms. The maximum atomic E-state index is 11.9. The van der Waals surface area contributed by atoms with Gasteiger partial charge in [-0.1, -0.05) is 12.1 Å². The molecular formula is C12H15ClO6S. The van der Waals surface area contributed by atoms with Crippen LogP contribution >= 0.6 is 10.7 Å². The van der Waals surface area contributed by atoms with Gasteiger partial charge in [0.15, 0.2) is 6.29 Å². The Labute approximate surface area is 122 Å². The Bertz CT molecular complexity index is 571. The van der Waals surface area contributed by atoms with Gasteiger partial charge in [-0.05, 0) is 26.0 Å². The van der Waals surface area contributed by atoms with Gasteiger partial charge < -0.3 is 14.2 Å². The van der Waals surface area contributed by atoms with Crippen molar-refractivity contribution in [2.45, 2.75) is 31.3 Å². The molecule has 20 heavy (non-hydrogen) atoms. The minimum absolute atomic E-state index is 0.150. The van der Waals surface area contributed by atoms with Crippen LogP contribution in [0.2, 0.25) is 0 Å². The third-order valence-corrected chi connectivity index (χ3v) is 3.74. The van der Waals surface area contributed by atoms with Gasteiger partial charge in [0.25, 0.3) is 9.05 Å². The number of esters is 1. The first-order valence-electron chi connectivity index (χ1n) is 5.68. The fourth-order valence-electron chi connectivity index (χ4n) is 1.42. The highest BCUT2D eigenvalue weighted by Gasteiger charge is 2.23. The second-order valence-electron chi connectivity index (χ2n) is 3.85. The highest BCUT2D eigenvalue weighted by Crippen LogP contribution is 2.21. The Kier molecular flexibility index (Phi) is 5.94. The first kappa shape index (κ1) is 16.9. The molecule has 0 aliphatic carbocycles. The monoisotopic (exact) mass is 322 g/mol. The SMILES string of the molecule is COC(C)OC(C)OC(=O)c1ccccc1S(=O)(=O)Cl. The fraction of sp³-hybridized carbons (Fsp3) is 0.417. The predicted octanol–water partition coefficient (Wildman–Crippen LogP) is 2.13. The van der Waals surface area contributed by atoms with Crippen LogP contribution in [0.4, 0.5) is 0 Å². The molecule has 0 heterocycles. The maximum Gasteiger partial charge on any atom is 0.341 e. The van der Waals surface area contributed by atoms with Gasteiger partial charge in [-0.15, -0.1) is 0 Å². The quantitative estimate of drug-likeness (QED) is 0.453. The number of hydrogen-bond acceptors (Lipinski definition) is 6. The van der Waals surface area contributed by atoms with E-state index in [0.717, 1.165) is 0 Å². The summed E-state index contributed by atoms with van der Waals surface area (Å²) in [4.78, 5) is 11.6. The molecule has 2 unspecified atom stereocenters. The van der Waals surface area contributed by atoms with E-state index in [4.69, 9.17) is 24.9 Å². The molecule has 0 aromatic heterocycles. The molecule has 1 aromatic rings. The molecule has 0 saturated carbocycles. The summed E-state index contributed by atoms with van der Waals surface area (Å²) >= 11 is 0. The zero-order valence-electron chi connectivity index (χ0n) is 11.2. The van der Waals surface area contributed by atoms with E-state index in [-0.39, 0.29) is 10.5 Å². The first-order chi connectivity index (χ1) is 9.25. The molecule has 2 atom stereocenters. The third kappa shape index (κ3) is 4.75. The molecular weight excluding hydrogens is 308 g/mol. The van der Waals surface area contributed by atoms with Crippen LogP contribution in [0.15, 0.2) is 29.2 Å². The average Bonchev–Trinajstić information content (AvgIpc) is 2.37. The predicted molar refractivity (Wildman–Crippen MR) is 71.9 cm³/mol. The average molecular weight is 323 g/mol. The molecule has 0 amide bonds. The Morgan fingerprint density at radius 3 is 2.35 bits per heavy atom. The maximum absolute atomic E-state index is 11.9. The minimum atomic E-state index is -4.04. The van der Waals surface area contributed by atoms with Crippen LogP contribution in [0, 0.1) is 0 Å². The van der Waals surface area contributed by atoms with Gasteiger partial charge in [0, 0.05) is 17.8 Å². The normalized spacial score (nSPS) is 14.6. The smallest absolute Gasteiger partial charge is 0.341 e. The topological polar surface area (TPSA) is 78.9 Å². The molecule has 0 saturated heterocycles. The molecule has 8 heteroatoms. The van der Waals surface area contributed by atoms with E-state index < -0.39 is 27.6 Å². The van der Waals surface area contributed by atoms with Gasteiger partial charge in [0.1, 0.15) is 0 Å². The summed E-state index contributed by atoms with van der Waals surface area (Å²) in [5, 5.41) is 0. The van der Waals surface area contributed by atoms with Crippen LogP contribution in [0.5, 0.6) is 0 Å². The fourth-order valence-corrected chi connectivity index (χ4v) is 2.47. The molecule has 1 rings (SSSR count). The van der Waals surface area contributed by atoms with Crippen molar-refractivity contribution in [1.29, 1.82) is 0 Å². The number of methoxy groups -OCH3 is 1. The molecule has 0 N–H and O–H groups in total. The molecule has 112 valence electrons. The highest BCUT2D eigenvalue weighted by atomic mass is 35.7. The van der Waals surface area contributed by atoms with Crippen LogP contribution in [0.1, 0.15) is 24.2 Å². The van der Waals surface area contributed by atoms with Crippen molar-refractivity contribution in [2.24, 2.45) is 0 Å². The summed E-state index contributed by atoms with van der Waals surface area (Å²) in [5.41, 5.74) is -0.150. The molecule has 1 aromatic carbocycles. The van der Waals surface area contributed by atoms with Crippen LogP contribution < -0.4 is 0 Å². The molecule has 0 fully saturated rings. The minimum Gasteiger partial charge on any atom is -0.432 e. The lowest BCUT2D eigenvalue weighted by atomic mass is 10.2. The van der Waals surface area contributed by atoms with E-state index >= 15 is 0 Å². The number of hydrogen-bond donors (Lipinski definition) is 0. The van der Waals surface area contributed by atoms with Gasteiger partial charge in [0.05, 0.1) is 10.5 Å². The van der Waals surface area contributed by atoms with Crippen molar-refractivity contribution >= 4 is 25.7 Å². The summed E-state index contributed by atoms with van der Waals surface area (Å²) in [6.07, 6.45) is -1.46. The van der Waals surface area contributed by atoms with Crippen molar-refractivity contribution < 1.29 is 27.4 Å². The van der Waals surface area contributed by atoms with Gasteiger partial charge in [-0.2, -0.15) is 0 Å². The van der Waals surface area contributed by atoms with E-state index in [1.807, 2.05) is 0 Å². The first-order valence-corrected chi connectivity index (χ1v) is 7.99. The lowest BCUT2D eigenvalue weighted by Gasteiger charge is -2.18. The van der Waals surface area contributed by atoms with Crippen molar-refractivity contribution in [3.8, 4) is 0 Å². The van der Waals surface area contributed by atoms with E-state index in [1.165, 1.54) is 38.3 Å². The summed E-state index contributed by atoms with van der Waals surface area (Å²) in [7, 11) is 2.67. The number of benzene rings is 1. The molecule has 0 bridgehead atoms. The van der Waals surface area contributed by atoms with Crippen molar-refractivity contribution in [3.63, 3.8) is 0 Å². The Balaban J connectivity index is 2.89. The number of carbonyl (C=O) groups excluding carboxylic acids is 1. The number of carbonyl (C=O) groups is 1. The van der Waals surface area contributed by atoms with Crippen LogP contribution in [0.3, 0.4) is 0 Å². The van der Waals surface area contributed by atoms with E-state index in [9.17, 15) is 13.2 Å². The highest BCUT2D eigenvalue weighted by molar-refractivity contribution is 8.13. The third-order valence-electron chi connectivity index (χ3n) is 2.36. The number of halogens is 1. The second-order valence-corrected chi connectivity index (χ2v) is 6.38. The van der Waals surface area contributed by atoms with Crippen molar-refractivity contribution in [3.05, 3.63) is 29.8 Å². The second kappa shape index (κ2) is 7.03. The van der Waals surface area contributed by atoms with Gasteiger partial charge in [-0.25, -0.2) is 13.2 Å². The standard InChI is InChI=1S/C12H15ClO6S/c1-8(17-3)18-9(2)19-12(14)10-6-4-5-7-11(10)20(13,15)16/h4-9H,1-3H3. The summed E-state index contributed by atoms with van der Waals surface area (Å²) < 4.78 is 37.8.